The molecule has 1 aromatic heterocycles. The van der Waals surface area contributed by atoms with Gasteiger partial charge in [-0.25, -0.2) is 9.37 Å². The second kappa shape index (κ2) is 7.39. The van der Waals surface area contributed by atoms with Crippen LogP contribution < -0.4 is 0 Å². The number of benzene rings is 1. The fraction of sp³-hybridized carbons (Fsp3) is 0.600. The summed E-state index contributed by atoms with van der Waals surface area (Å²) in [5.41, 5.74) is 2.30. The summed E-state index contributed by atoms with van der Waals surface area (Å²) in [6.45, 7) is 0.259. The number of aliphatic carboxylic acids is 1. The average Bonchev–Trinajstić information content (AvgIpc) is 3.33. The molecule has 0 radical (unpaired) electrons. The highest BCUT2D eigenvalue weighted by Crippen LogP contribution is 2.63. The Hall–Kier alpha value is -2.25. The van der Waals surface area contributed by atoms with Crippen LogP contribution in [0.15, 0.2) is 30.7 Å². The summed E-state index contributed by atoms with van der Waals surface area (Å²) in [7, 11) is 0. The smallest absolute Gasteiger partial charge is 0.305 e. The molecule has 4 aliphatic carbocycles. The third kappa shape index (κ3) is 3.05. The molecule has 170 valence electrons. The van der Waals surface area contributed by atoms with Gasteiger partial charge in [0.1, 0.15) is 5.82 Å². The maximum atomic E-state index is 14.8. The molecule has 2 heterocycles. The van der Waals surface area contributed by atoms with Gasteiger partial charge >= 0.3 is 5.97 Å². The molecule has 5 aliphatic rings. The zero-order chi connectivity index (χ0) is 22.0. The molecule has 4 saturated carbocycles. The van der Waals surface area contributed by atoms with Crippen LogP contribution in [-0.4, -0.2) is 44.5 Å². The molecule has 0 saturated heterocycles. The molecular weight excluding hydrogens is 411 g/mol. The van der Waals surface area contributed by atoms with Crippen LogP contribution in [-0.2, 0) is 9.53 Å². The Balaban J connectivity index is 1.23. The lowest BCUT2D eigenvalue weighted by Gasteiger charge is -2.61. The maximum absolute atomic E-state index is 14.8. The Morgan fingerprint density at radius 2 is 2.06 bits per heavy atom. The molecule has 6 nitrogen and oxygen atoms in total. The highest BCUT2D eigenvalue weighted by atomic mass is 19.1. The van der Waals surface area contributed by atoms with Gasteiger partial charge in [-0.05, 0) is 67.8 Å². The monoisotopic (exact) mass is 440 g/mol. The number of fused-ring (bicyclic) bond motifs is 3. The normalized spacial score (nSPS) is 35.0. The van der Waals surface area contributed by atoms with E-state index in [2.05, 4.69) is 4.98 Å². The summed E-state index contributed by atoms with van der Waals surface area (Å²) in [6.07, 6.45) is 8.67. The summed E-state index contributed by atoms with van der Waals surface area (Å²) < 4.78 is 22.9. The second-order valence-electron chi connectivity index (χ2n) is 10.5. The molecule has 4 bridgehead atoms. The number of carboxylic acids is 1. The number of halogens is 1. The van der Waals surface area contributed by atoms with E-state index in [0.29, 0.717) is 29.7 Å². The highest BCUT2D eigenvalue weighted by molar-refractivity contribution is 5.69. The van der Waals surface area contributed by atoms with E-state index in [-0.39, 0.29) is 36.4 Å². The molecule has 4 unspecified atom stereocenters. The van der Waals surface area contributed by atoms with Crippen molar-refractivity contribution in [3.63, 3.8) is 0 Å². The van der Waals surface area contributed by atoms with Gasteiger partial charge < -0.3 is 19.5 Å². The van der Waals surface area contributed by atoms with Crippen molar-refractivity contribution in [2.24, 2.45) is 23.2 Å². The first-order valence-corrected chi connectivity index (χ1v) is 11.8. The van der Waals surface area contributed by atoms with E-state index in [4.69, 9.17) is 9.84 Å². The van der Waals surface area contributed by atoms with E-state index in [1.807, 2.05) is 10.6 Å². The fourth-order valence-electron chi connectivity index (χ4n) is 7.70. The molecule has 1 aromatic carbocycles. The van der Waals surface area contributed by atoms with E-state index >= 15 is 0 Å². The Morgan fingerprint density at radius 3 is 2.81 bits per heavy atom. The van der Waals surface area contributed by atoms with Crippen molar-refractivity contribution in [3.8, 4) is 11.3 Å². The third-order valence-electron chi connectivity index (χ3n) is 8.68. The number of ether oxygens (including phenoxy) is 1. The van der Waals surface area contributed by atoms with Crippen molar-refractivity contribution in [2.75, 3.05) is 6.61 Å². The summed E-state index contributed by atoms with van der Waals surface area (Å²) in [6, 6.07) is 4.92. The van der Waals surface area contributed by atoms with Crippen molar-refractivity contribution < 1.29 is 24.1 Å². The van der Waals surface area contributed by atoms with Crippen molar-refractivity contribution in [1.82, 2.24) is 9.55 Å². The largest absolute Gasteiger partial charge is 0.481 e. The molecule has 1 aliphatic heterocycles. The average molecular weight is 441 g/mol. The number of carbonyl (C=O) groups is 1. The summed E-state index contributed by atoms with van der Waals surface area (Å²) in [5.74, 6) is 0.296. The molecule has 2 N–H and O–H groups in total. The first-order valence-electron chi connectivity index (χ1n) is 11.8. The predicted octanol–water partition coefficient (Wildman–Crippen LogP) is 4.03. The molecule has 4 atom stereocenters. The number of hydrogen-bond acceptors (Lipinski definition) is 4. The number of aliphatic hydroxyl groups excluding tert-OH is 1. The summed E-state index contributed by atoms with van der Waals surface area (Å²) >= 11 is 0. The van der Waals surface area contributed by atoms with Gasteiger partial charge in [-0.15, -0.1) is 0 Å². The Kier molecular flexibility index (Phi) is 4.70. The SMILES string of the molecule is O=C(O)CCOC1C2CC3CC1CC(C(O)CC1c4c(F)cccc4-c4cncn41)(C3)C2. The molecule has 32 heavy (non-hydrogen) atoms. The molecule has 0 spiro atoms. The first kappa shape index (κ1) is 20.4. The van der Waals surface area contributed by atoms with Gasteiger partial charge in [0.15, 0.2) is 0 Å². The van der Waals surface area contributed by atoms with Crippen LogP contribution in [0.25, 0.3) is 11.3 Å². The summed E-state index contributed by atoms with van der Waals surface area (Å²) in [5, 5.41) is 20.6. The molecule has 7 heteroatoms. The standard InChI is InChI=1S/C25H29FN2O4/c26-18-3-1-2-17-20-12-27-13-28(20)19(23(17)18)8-21(29)25-9-14-6-15(10-25)24(16(7-14)11-25)32-5-4-22(30)31/h1-3,12-16,19,21,24,29H,4-11H2,(H,30,31). The van der Waals surface area contributed by atoms with Crippen LogP contribution in [0.3, 0.4) is 0 Å². The second-order valence-corrected chi connectivity index (χ2v) is 10.5. The van der Waals surface area contributed by atoms with E-state index in [9.17, 15) is 14.3 Å². The van der Waals surface area contributed by atoms with Crippen LogP contribution in [0, 0.1) is 29.0 Å². The molecule has 2 aromatic rings. The van der Waals surface area contributed by atoms with E-state index in [1.165, 1.54) is 6.07 Å². The van der Waals surface area contributed by atoms with Crippen LogP contribution in [0.5, 0.6) is 0 Å². The minimum absolute atomic E-state index is 0.0348. The number of aliphatic hydroxyl groups is 1. The Bertz CT molecular complexity index is 1040. The minimum Gasteiger partial charge on any atom is -0.481 e. The lowest BCUT2D eigenvalue weighted by molar-refractivity contribution is -0.190. The number of hydrogen-bond donors (Lipinski definition) is 2. The zero-order valence-electron chi connectivity index (χ0n) is 18.0. The highest BCUT2D eigenvalue weighted by Gasteiger charge is 2.58. The quantitative estimate of drug-likeness (QED) is 0.679. The van der Waals surface area contributed by atoms with Crippen molar-refractivity contribution in [3.05, 3.63) is 42.1 Å². The Morgan fingerprint density at radius 1 is 1.28 bits per heavy atom. The lowest BCUT2D eigenvalue weighted by atomic mass is 9.46. The molecule has 7 rings (SSSR count). The number of imidazole rings is 1. The number of aromatic nitrogens is 2. The zero-order valence-corrected chi connectivity index (χ0v) is 18.0. The topological polar surface area (TPSA) is 84.6 Å². The van der Waals surface area contributed by atoms with Crippen molar-refractivity contribution in [1.29, 1.82) is 0 Å². The number of rotatable bonds is 7. The van der Waals surface area contributed by atoms with Gasteiger partial charge in [0.05, 0.1) is 49.5 Å². The summed E-state index contributed by atoms with van der Waals surface area (Å²) in [4.78, 5) is 15.2. The van der Waals surface area contributed by atoms with E-state index in [0.717, 1.165) is 43.4 Å². The molecule has 0 amide bonds. The van der Waals surface area contributed by atoms with Gasteiger partial charge in [0.2, 0.25) is 0 Å². The van der Waals surface area contributed by atoms with Gasteiger partial charge in [-0.2, -0.15) is 0 Å². The van der Waals surface area contributed by atoms with Crippen molar-refractivity contribution in [2.45, 2.75) is 63.2 Å². The van der Waals surface area contributed by atoms with Crippen molar-refractivity contribution >= 4 is 5.97 Å². The van der Waals surface area contributed by atoms with Crippen LogP contribution >= 0.6 is 0 Å². The van der Waals surface area contributed by atoms with Crippen LogP contribution in [0.4, 0.5) is 4.39 Å². The number of carboxylic acid groups (broad SMARTS) is 1. The van der Waals surface area contributed by atoms with E-state index < -0.39 is 12.1 Å². The van der Waals surface area contributed by atoms with Gasteiger partial charge in [0.25, 0.3) is 0 Å². The molecule has 4 fully saturated rings. The van der Waals surface area contributed by atoms with E-state index in [1.54, 1.807) is 18.6 Å². The third-order valence-corrected chi connectivity index (χ3v) is 8.68. The lowest BCUT2D eigenvalue weighted by Crippen LogP contribution is -2.58. The number of nitrogens with zero attached hydrogens (tertiary/aromatic N) is 2. The van der Waals surface area contributed by atoms with Gasteiger partial charge in [-0.3, -0.25) is 4.79 Å². The van der Waals surface area contributed by atoms with Gasteiger partial charge in [0, 0.05) is 11.1 Å². The fourth-order valence-corrected chi connectivity index (χ4v) is 7.70. The minimum atomic E-state index is -0.830. The molecular formula is C25H29FN2O4. The first-order chi connectivity index (χ1) is 15.4. The van der Waals surface area contributed by atoms with Crippen LogP contribution in [0.2, 0.25) is 0 Å². The maximum Gasteiger partial charge on any atom is 0.305 e. The predicted molar refractivity (Wildman–Crippen MR) is 114 cm³/mol. The Labute approximate surface area is 186 Å². The van der Waals surface area contributed by atoms with Crippen LogP contribution in [0.1, 0.15) is 56.6 Å². The van der Waals surface area contributed by atoms with Gasteiger partial charge in [-0.1, -0.05) is 12.1 Å².